The summed E-state index contributed by atoms with van der Waals surface area (Å²) in [5.74, 6) is 0.661. The van der Waals surface area contributed by atoms with Gasteiger partial charge in [-0.3, -0.25) is 9.59 Å². The zero-order valence-electron chi connectivity index (χ0n) is 19.2. The van der Waals surface area contributed by atoms with E-state index in [-0.39, 0.29) is 24.4 Å². The lowest BCUT2D eigenvalue weighted by Crippen LogP contribution is -2.62. The number of H-pyrrole nitrogens is 1. The average Bonchev–Trinajstić information content (AvgIpc) is 3.25. The molecule has 0 bridgehead atoms. The minimum absolute atomic E-state index is 0.0321. The zero-order valence-corrected chi connectivity index (χ0v) is 20.0. The van der Waals surface area contributed by atoms with Crippen molar-refractivity contribution in [1.29, 1.82) is 0 Å². The predicted molar refractivity (Wildman–Crippen MR) is 134 cm³/mol. The summed E-state index contributed by atoms with van der Waals surface area (Å²) in [5.41, 5.74) is 4.95. The summed E-state index contributed by atoms with van der Waals surface area (Å²) in [4.78, 5) is 34.4. The van der Waals surface area contributed by atoms with Gasteiger partial charge >= 0.3 is 0 Å². The summed E-state index contributed by atoms with van der Waals surface area (Å²) < 4.78 is 5.24. The van der Waals surface area contributed by atoms with Gasteiger partial charge < -0.3 is 19.5 Å². The number of ether oxygens (including phenoxy) is 1. The molecule has 2 aliphatic rings. The van der Waals surface area contributed by atoms with E-state index in [9.17, 15) is 9.59 Å². The Hall–Kier alpha value is -3.77. The first-order valence-corrected chi connectivity index (χ1v) is 12.0. The summed E-state index contributed by atoms with van der Waals surface area (Å²) >= 11 is 6.16. The van der Waals surface area contributed by atoms with E-state index in [0.29, 0.717) is 18.0 Å². The minimum atomic E-state index is -0.568. The number of halogens is 1. The first kappa shape index (κ1) is 21.7. The van der Waals surface area contributed by atoms with Gasteiger partial charge in [-0.1, -0.05) is 54.1 Å². The van der Waals surface area contributed by atoms with Crippen LogP contribution in [0.2, 0.25) is 5.02 Å². The monoisotopic (exact) mass is 485 g/mol. The quantitative estimate of drug-likeness (QED) is 0.455. The standard InChI is InChI=1S/C28H24ClN3O3/c1-35-20-12-6-17(7-13-20)15-31-16-25(33)32-24(28(31)34)14-22-21-4-2-3-5-23(21)30-26(22)27(32)18-8-10-19(29)11-9-18/h2-13,24,27,30H,14-16H2,1H3. The smallest absolute Gasteiger partial charge is 0.246 e. The first-order chi connectivity index (χ1) is 17.0. The number of amides is 2. The molecule has 6 nitrogen and oxygen atoms in total. The number of hydrogen-bond donors (Lipinski definition) is 1. The van der Waals surface area contributed by atoms with Gasteiger partial charge in [-0.25, -0.2) is 0 Å². The summed E-state index contributed by atoms with van der Waals surface area (Å²) in [6.07, 6.45) is 0.479. The van der Waals surface area contributed by atoms with Gasteiger partial charge in [0.1, 0.15) is 18.3 Å². The van der Waals surface area contributed by atoms with E-state index >= 15 is 0 Å². The van der Waals surface area contributed by atoms with Crippen LogP contribution in [0.1, 0.15) is 28.4 Å². The number of rotatable bonds is 4. The number of carbonyl (C=O) groups is 2. The van der Waals surface area contributed by atoms with E-state index < -0.39 is 6.04 Å². The Labute approximate surface area is 208 Å². The molecular weight excluding hydrogens is 462 g/mol. The number of aromatic amines is 1. The molecule has 1 N–H and O–H groups in total. The number of methoxy groups -OCH3 is 1. The normalized spacial score (nSPS) is 19.6. The molecule has 6 rings (SSSR count). The number of aromatic nitrogens is 1. The van der Waals surface area contributed by atoms with Crippen LogP contribution in [0.4, 0.5) is 0 Å². The lowest BCUT2D eigenvalue weighted by Gasteiger charge is -2.47. The number of hydrogen-bond acceptors (Lipinski definition) is 3. The van der Waals surface area contributed by atoms with Crippen molar-refractivity contribution in [3.63, 3.8) is 0 Å². The Morgan fingerprint density at radius 3 is 2.49 bits per heavy atom. The molecule has 0 radical (unpaired) electrons. The van der Waals surface area contributed by atoms with Crippen LogP contribution in [0.15, 0.2) is 72.8 Å². The van der Waals surface area contributed by atoms with Gasteiger partial charge in [0.25, 0.3) is 0 Å². The van der Waals surface area contributed by atoms with Gasteiger partial charge in [0, 0.05) is 34.6 Å². The van der Waals surface area contributed by atoms with E-state index in [2.05, 4.69) is 11.1 Å². The Kier molecular flexibility index (Phi) is 5.26. The molecule has 1 aromatic heterocycles. The molecule has 1 fully saturated rings. The van der Waals surface area contributed by atoms with Gasteiger partial charge in [-0.15, -0.1) is 0 Å². The van der Waals surface area contributed by atoms with E-state index in [4.69, 9.17) is 16.3 Å². The maximum atomic E-state index is 13.8. The topological polar surface area (TPSA) is 65.6 Å². The molecule has 2 aliphatic heterocycles. The van der Waals surface area contributed by atoms with Crippen LogP contribution in [0.3, 0.4) is 0 Å². The van der Waals surface area contributed by atoms with Crippen molar-refractivity contribution < 1.29 is 14.3 Å². The molecule has 4 aromatic rings. The van der Waals surface area contributed by atoms with Crippen molar-refractivity contribution in [3.05, 3.63) is 100 Å². The molecule has 0 spiro atoms. The molecule has 2 atom stereocenters. The van der Waals surface area contributed by atoms with Gasteiger partial charge in [-0.05, 0) is 47.0 Å². The number of nitrogens with one attached hydrogen (secondary N) is 1. The maximum Gasteiger partial charge on any atom is 0.246 e. The van der Waals surface area contributed by atoms with Crippen LogP contribution in [0.25, 0.3) is 10.9 Å². The lowest BCUT2D eigenvalue weighted by molar-refractivity contribution is -0.159. The van der Waals surface area contributed by atoms with Crippen molar-refractivity contribution in [1.82, 2.24) is 14.8 Å². The molecule has 2 unspecified atom stereocenters. The molecule has 0 saturated carbocycles. The lowest BCUT2D eigenvalue weighted by atomic mass is 9.86. The zero-order chi connectivity index (χ0) is 24.1. The number of fused-ring (bicyclic) bond motifs is 4. The summed E-state index contributed by atoms with van der Waals surface area (Å²) in [6.45, 7) is 0.423. The molecule has 2 amide bonds. The van der Waals surface area contributed by atoms with E-state index in [1.54, 1.807) is 16.9 Å². The Balaban J connectivity index is 1.41. The molecule has 3 aromatic carbocycles. The molecule has 35 heavy (non-hydrogen) atoms. The largest absolute Gasteiger partial charge is 0.497 e. The second kappa shape index (κ2) is 8.47. The highest BCUT2D eigenvalue weighted by molar-refractivity contribution is 6.30. The second-order valence-electron chi connectivity index (χ2n) is 9.08. The fourth-order valence-electron chi connectivity index (χ4n) is 5.40. The fraction of sp³-hybridized carbons (Fsp3) is 0.214. The molecule has 1 saturated heterocycles. The number of nitrogens with zero attached hydrogens (tertiary/aromatic N) is 2. The number of para-hydroxylation sites is 1. The van der Waals surface area contributed by atoms with Crippen LogP contribution < -0.4 is 4.74 Å². The van der Waals surface area contributed by atoms with Crippen LogP contribution in [-0.2, 0) is 22.6 Å². The molecule has 176 valence electrons. The third kappa shape index (κ3) is 3.65. The highest BCUT2D eigenvalue weighted by Crippen LogP contribution is 2.42. The Bertz CT molecular complexity index is 1430. The third-order valence-electron chi connectivity index (χ3n) is 7.06. The number of carbonyl (C=O) groups excluding carboxylic acids is 2. The van der Waals surface area contributed by atoms with E-state index in [1.165, 1.54) is 0 Å². The Morgan fingerprint density at radius 2 is 1.74 bits per heavy atom. The fourth-order valence-corrected chi connectivity index (χ4v) is 5.53. The van der Waals surface area contributed by atoms with Gasteiger partial charge in [0.05, 0.1) is 13.2 Å². The SMILES string of the molecule is COc1ccc(CN2CC(=O)N3C(Cc4c([nH]c5ccccc45)C3c3ccc(Cl)cc3)C2=O)cc1. The van der Waals surface area contributed by atoms with Crippen molar-refractivity contribution in [2.45, 2.75) is 25.0 Å². The van der Waals surface area contributed by atoms with Crippen molar-refractivity contribution in [2.24, 2.45) is 0 Å². The Morgan fingerprint density at radius 1 is 1.00 bits per heavy atom. The minimum Gasteiger partial charge on any atom is -0.497 e. The van der Waals surface area contributed by atoms with Crippen LogP contribution in [0.5, 0.6) is 5.75 Å². The van der Waals surface area contributed by atoms with Crippen LogP contribution in [-0.4, -0.2) is 46.3 Å². The summed E-state index contributed by atoms with van der Waals surface area (Å²) in [6, 6.07) is 22.3. The van der Waals surface area contributed by atoms with Crippen molar-refractivity contribution in [2.75, 3.05) is 13.7 Å². The summed E-state index contributed by atoms with van der Waals surface area (Å²) in [5, 5.41) is 1.72. The molecular formula is C28H24ClN3O3. The second-order valence-corrected chi connectivity index (χ2v) is 9.52. The predicted octanol–water partition coefficient (Wildman–Crippen LogP) is 4.72. The number of benzene rings is 3. The van der Waals surface area contributed by atoms with Gasteiger partial charge in [0.2, 0.25) is 11.8 Å². The van der Waals surface area contributed by atoms with Crippen molar-refractivity contribution in [3.8, 4) is 5.75 Å². The van der Waals surface area contributed by atoms with E-state index in [1.807, 2.05) is 66.7 Å². The maximum absolute atomic E-state index is 13.8. The number of piperazine rings is 1. The highest BCUT2D eigenvalue weighted by atomic mass is 35.5. The molecule has 7 heteroatoms. The molecule has 0 aliphatic carbocycles. The molecule has 3 heterocycles. The first-order valence-electron chi connectivity index (χ1n) is 11.6. The van der Waals surface area contributed by atoms with Crippen molar-refractivity contribution >= 4 is 34.3 Å². The highest BCUT2D eigenvalue weighted by Gasteiger charge is 2.48. The van der Waals surface area contributed by atoms with Crippen LogP contribution >= 0.6 is 11.6 Å². The third-order valence-corrected chi connectivity index (χ3v) is 7.31. The van der Waals surface area contributed by atoms with Gasteiger partial charge in [0.15, 0.2) is 0 Å². The average molecular weight is 486 g/mol. The summed E-state index contributed by atoms with van der Waals surface area (Å²) in [7, 11) is 1.62. The van der Waals surface area contributed by atoms with Crippen LogP contribution in [0, 0.1) is 0 Å². The van der Waals surface area contributed by atoms with Gasteiger partial charge in [-0.2, -0.15) is 0 Å². The van der Waals surface area contributed by atoms with E-state index in [0.717, 1.165) is 39.0 Å².